The Morgan fingerprint density at radius 1 is 0.870 bits per heavy atom. The average molecular weight is 702 g/mol. The van der Waals surface area contributed by atoms with Gasteiger partial charge in [0.1, 0.15) is 30.0 Å². The molecule has 0 spiro atoms. The second kappa shape index (κ2) is 23.1. The Labute approximate surface area is 321 Å². The summed E-state index contributed by atoms with van der Waals surface area (Å²) in [5.41, 5.74) is -0.986. The Morgan fingerprint density at radius 2 is 1.43 bits per heavy atom. The molecule has 0 aliphatic carbocycles. The van der Waals surface area contributed by atoms with E-state index in [9.17, 15) is 17.8 Å². The fourth-order valence-electron chi connectivity index (χ4n) is 5.88. The maximum atomic E-state index is 12.2. The van der Waals surface area contributed by atoms with E-state index in [-0.39, 0.29) is 57.3 Å². The minimum absolute atomic E-state index is 0. The van der Waals surface area contributed by atoms with Crippen LogP contribution >= 0.6 is 0 Å². The molecule has 46 heavy (non-hydrogen) atoms. The van der Waals surface area contributed by atoms with Crippen molar-refractivity contribution < 1.29 is 97.0 Å². The van der Waals surface area contributed by atoms with E-state index in [0.717, 1.165) is 32.1 Å². The van der Waals surface area contributed by atoms with Crippen LogP contribution in [0.3, 0.4) is 0 Å². The van der Waals surface area contributed by atoms with Crippen molar-refractivity contribution in [3.05, 3.63) is 12.2 Å². The summed E-state index contributed by atoms with van der Waals surface area (Å²) in [6.45, 7) is 10.9. The molecule has 1 amide bonds. The predicted octanol–water partition coefficient (Wildman–Crippen LogP) is 3.07. The number of fused-ring (bicyclic) bond motifs is 1. The Kier molecular flexibility index (Phi) is 22.3. The molecule has 2 aliphatic heterocycles. The summed E-state index contributed by atoms with van der Waals surface area (Å²) >= 11 is 0. The number of carbonyl (C=O) groups is 1. The van der Waals surface area contributed by atoms with Crippen molar-refractivity contribution in [2.24, 2.45) is 0 Å². The monoisotopic (exact) mass is 701 g/mol. The molecule has 1 N–H and O–H groups in total. The van der Waals surface area contributed by atoms with Crippen molar-refractivity contribution in [3.63, 3.8) is 0 Å². The van der Waals surface area contributed by atoms with Crippen LogP contribution in [0.25, 0.3) is 0 Å². The van der Waals surface area contributed by atoms with Crippen LogP contribution in [0.4, 0.5) is 0 Å². The fourth-order valence-corrected chi connectivity index (χ4v) is 6.18. The van der Waals surface area contributed by atoms with E-state index in [4.69, 9.17) is 23.7 Å². The molecule has 2 aliphatic rings. The van der Waals surface area contributed by atoms with E-state index in [1.807, 2.05) is 6.92 Å². The van der Waals surface area contributed by atoms with Crippen LogP contribution in [0, 0.1) is 0 Å². The zero-order chi connectivity index (χ0) is 33.3. The molecule has 2 fully saturated rings. The maximum absolute atomic E-state index is 12.2. The van der Waals surface area contributed by atoms with E-state index in [1.165, 1.54) is 64.7 Å². The summed E-state index contributed by atoms with van der Waals surface area (Å²) in [6.07, 6.45) is 17.7. The van der Waals surface area contributed by atoms with Crippen molar-refractivity contribution in [3.8, 4) is 0 Å². The normalized spacial score (nSPS) is 27.7. The second-order valence-electron chi connectivity index (χ2n) is 12.8. The van der Waals surface area contributed by atoms with Gasteiger partial charge in [0, 0.05) is 20.1 Å². The van der Waals surface area contributed by atoms with Gasteiger partial charge < -0.3 is 33.6 Å². The number of allylic oxidation sites excluding steroid dienone is 2. The van der Waals surface area contributed by atoms with E-state index in [1.54, 1.807) is 20.8 Å². The first kappa shape index (κ1) is 44.5. The van der Waals surface area contributed by atoms with Gasteiger partial charge in [-0.2, -0.15) is 0 Å². The number of unbranched alkanes of at least 4 members (excludes halogenated alkanes) is 12. The first-order valence-corrected chi connectivity index (χ1v) is 18.5. The standard InChI is InChI=1S/C33H61NO10S.K/c1-7-9-10-11-12-13-14-15-16-17-18-19-20-21-22-23-24-39-31-28(34-26(3)35)30-29(27(42-31)25-41-45(36,37)38)43-32(4,5)33(6,44-30)40-8-2;/h15-16,27-31H,7-14,17-25H2,1-6H3,(H,34,35)(H,36,37,38);/q;+1/p-1/b16-15-;/t27-,28?,29-,30-,31+,33?;/m1./s1. The maximum Gasteiger partial charge on any atom is 1.00 e. The topological polar surface area (TPSA) is 142 Å². The number of nitrogens with one attached hydrogen (secondary N) is 1. The summed E-state index contributed by atoms with van der Waals surface area (Å²) in [5, 5.41) is 2.86. The molecule has 0 bridgehead atoms. The summed E-state index contributed by atoms with van der Waals surface area (Å²) < 4.78 is 69.3. The quantitative estimate of drug-likeness (QED) is 0.0556. The number of hydrogen-bond acceptors (Lipinski definition) is 10. The molecule has 2 unspecified atom stereocenters. The number of hydrogen-bond donors (Lipinski definition) is 1. The van der Waals surface area contributed by atoms with Crippen LogP contribution < -0.4 is 56.7 Å². The molecule has 13 heteroatoms. The van der Waals surface area contributed by atoms with Crippen molar-refractivity contribution in [2.75, 3.05) is 19.8 Å². The zero-order valence-electron chi connectivity index (χ0n) is 29.6. The number of ether oxygens (including phenoxy) is 5. The third-order valence-corrected chi connectivity index (χ3v) is 9.06. The first-order chi connectivity index (χ1) is 21.3. The third kappa shape index (κ3) is 16.0. The molecule has 264 valence electrons. The van der Waals surface area contributed by atoms with Gasteiger partial charge in [-0.15, -0.1) is 0 Å². The number of rotatable bonds is 23. The van der Waals surface area contributed by atoms with Crippen molar-refractivity contribution in [1.82, 2.24) is 5.32 Å². The van der Waals surface area contributed by atoms with Crippen LogP contribution in [0.15, 0.2) is 12.2 Å². The van der Waals surface area contributed by atoms with Crippen LogP contribution in [0.1, 0.15) is 131 Å². The van der Waals surface area contributed by atoms with Crippen LogP contribution in [-0.4, -0.2) is 80.7 Å². The Balaban J connectivity index is 0.0000106. The SMILES string of the molecule is CCCCCCCC/C=C\CCCCCCCCO[C@H]1O[C@H](COS(=O)(=O)[O-])[C@H]2OC(C)(C)C(C)(OCC)O[C@@H]2C1NC(C)=O.[K+]. The first-order valence-electron chi connectivity index (χ1n) is 17.1. The molecule has 11 nitrogen and oxygen atoms in total. The average Bonchev–Trinajstić information content (AvgIpc) is 2.95. The van der Waals surface area contributed by atoms with Gasteiger partial charge in [0.2, 0.25) is 16.3 Å². The van der Waals surface area contributed by atoms with E-state index in [2.05, 4.69) is 28.6 Å². The molecule has 0 radical (unpaired) electrons. The van der Waals surface area contributed by atoms with Crippen LogP contribution in [-0.2, 0) is 43.1 Å². The molecule has 2 saturated heterocycles. The molecular weight excluding hydrogens is 642 g/mol. The van der Waals surface area contributed by atoms with Gasteiger partial charge in [-0.05, 0) is 59.8 Å². The van der Waals surface area contributed by atoms with Crippen molar-refractivity contribution >= 4 is 16.3 Å². The molecule has 2 rings (SSSR count). The summed E-state index contributed by atoms with van der Waals surface area (Å²) in [5.74, 6) is -1.52. The Morgan fingerprint density at radius 3 is 1.98 bits per heavy atom. The van der Waals surface area contributed by atoms with E-state index < -0.39 is 59.0 Å². The van der Waals surface area contributed by atoms with Gasteiger partial charge in [-0.3, -0.25) is 8.98 Å². The molecule has 6 atom stereocenters. The van der Waals surface area contributed by atoms with Crippen LogP contribution in [0.2, 0.25) is 0 Å². The molecule has 0 aromatic carbocycles. The van der Waals surface area contributed by atoms with Gasteiger partial charge in [-0.25, -0.2) is 8.42 Å². The van der Waals surface area contributed by atoms with Gasteiger partial charge in [-0.1, -0.05) is 76.9 Å². The Bertz CT molecular complexity index is 981. The second-order valence-corrected chi connectivity index (χ2v) is 13.9. The molecule has 2 heterocycles. The predicted molar refractivity (Wildman–Crippen MR) is 171 cm³/mol. The molecular formula is C33H60KNO10S. The van der Waals surface area contributed by atoms with Gasteiger partial charge in [0.25, 0.3) is 0 Å². The van der Waals surface area contributed by atoms with Crippen molar-refractivity contribution in [1.29, 1.82) is 0 Å². The Hall–Kier alpha value is 0.516. The number of amides is 1. The smallest absolute Gasteiger partial charge is 0.726 e. The summed E-state index contributed by atoms with van der Waals surface area (Å²) in [4.78, 5) is 12.2. The van der Waals surface area contributed by atoms with Crippen LogP contribution in [0.5, 0.6) is 0 Å². The van der Waals surface area contributed by atoms with Crippen molar-refractivity contribution in [2.45, 2.75) is 173 Å². The van der Waals surface area contributed by atoms with Gasteiger partial charge in [0.05, 0.1) is 6.61 Å². The summed E-state index contributed by atoms with van der Waals surface area (Å²) in [7, 11) is -4.98. The minimum atomic E-state index is -4.98. The molecule has 0 saturated carbocycles. The van der Waals surface area contributed by atoms with E-state index >= 15 is 0 Å². The molecule has 0 aromatic rings. The largest absolute Gasteiger partial charge is 1.00 e. The van der Waals surface area contributed by atoms with E-state index in [0.29, 0.717) is 13.2 Å². The minimum Gasteiger partial charge on any atom is -0.726 e. The van der Waals surface area contributed by atoms with Gasteiger partial charge in [0.15, 0.2) is 12.1 Å². The zero-order valence-corrected chi connectivity index (χ0v) is 33.5. The third-order valence-electron chi connectivity index (χ3n) is 8.64. The number of carbonyl (C=O) groups excluding carboxylic acids is 1. The molecule has 0 aromatic heterocycles. The fraction of sp³-hybridized carbons (Fsp3) is 0.909. The van der Waals surface area contributed by atoms with Gasteiger partial charge >= 0.3 is 51.4 Å². The summed E-state index contributed by atoms with van der Waals surface area (Å²) in [6, 6.07) is -0.780.